The van der Waals surface area contributed by atoms with Crippen molar-refractivity contribution in [2.24, 2.45) is 5.73 Å². The van der Waals surface area contributed by atoms with Crippen LogP contribution in [0.4, 0.5) is 0 Å². The van der Waals surface area contributed by atoms with Crippen LogP contribution in [0.15, 0.2) is 18.2 Å². The topological polar surface area (TPSA) is 52.3 Å². The average molecular weight is 244 g/mol. The number of hydrogen-bond acceptors (Lipinski definition) is 3. The van der Waals surface area contributed by atoms with Gasteiger partial charge in [0.05, 0.1) is 13.5 Å². The maximum absolute atomic E-state index is 11.1. The molecule has 4 heteroatoms. The molecule has 1 aromatic rings. The SMILES string of the molecule is COC(=O)C[C@@H](N)c1cc(C)cc(C)c1.Cl. The van der Waals surface area contributed by atoms with Crippen molar-refractivity contribution < 1.29 is 9.53 Å². The number of aryl methyl sites for hydroxylation is 2. The van der Waals surface area contributed by atoms with Gasteiger partial charge >= 0.3 is 5.97 Å². The average Bonchev–Trinajstić information content (AvgIpc) is 2.16. The first-order valence-corrected chi connectivity index (χ1v) is 4.93. The van der Waals surface area contributed by atoms with Crippen molar-refractivity contribution in [2.75, 3.05) is 7.11 Å². The second-order valence-electron chi connectivity index (χ2n) is 3.81. The third kappa shape index (κ3) is 4.21. The Morgan fingerprint density at radius 1 is 1.31 bits per heavy atom. The predicted octanol–water partition coefficient (Wildman–Crippen LogP) is 2.29. The van der Waals surface area contributed by atoms with Crippen LogP contribution >= 0.6 is 12.4 Å². The number of benzene rings is 1. The van der Waals surface area contributed by atoms with Crippen LogP contribution in [-0.2, 0) is 9.53 Å². The number of halogens is 1. The van der Waals surface area contributed by atoms with Gasteiger partial charge in [-0.15, -0.1) is 12.4 Å². The number of esters is 1. The number of rotatable bonds is 3. The van der Waals surface area contributed by atoms with E-state index in [1.54, 1.807) is 0 Å². The van der Waals surface area contributed by atoms with E-state index < -0.39 is 0 Å². The Balaban J connectivity index is 0.00000225. The van der Waals surface area contributed by atoms with Crippen molar-refractivity contribution >= 4 is 18.4 Å². The predicted molar refractivity (Wildman–Crippen MR) is 66.7 cm³/mol. The van der Waals surface area contributed by atoms with Gasteiger partial charge in [-0.05, 0) is 19.4 Å². The Morgan fingerprint density at radius 2 is 1.81 bits per heavy atom. The van der Waals surface area contributed by atoms with Crippen LogP contribution in [0.1, 0.15) is 29.2 Å². The highest BCUT2D eigenvalue weighted by molar-refractivity contribution is 5.85. The summed E-state index contributed by atoms with van der Waals surface area (Å²) in [5.41, 5.74) is 9.21. The largest absolute Gasteiger partial charge is 0.469 e. The molecule has 2 N–H and O–H groups in total. The van der Waals surface area contributed by atoms with Crippen LogP contribution in [-0.4, -0.2) is 13.1 Å². The van der Waals surface area contributed by atoms with E-state index in [9.17, 15) is 4.79 Å². The van der Waals surface area contributed by atoms with E-state index >= 15 is 0 Å². The van der Waals surface area contributed by atoms with Gasteiger partial charge in [0.1, 0.15) is 0 Å². The van der Waals surface area contributed by atoms with Crippen molar-refractivity contribution in [3.05, 3.63) is 34.9 Å². The second kappa shape index (κ2) is 6.51. The molecule has 0 heterocycles. The van der Waals surface area contributed by atoms with Gasteiger partial charge in [0.25, 0.3) is 0 Å². The Bertz CT molecular complexity index is 346. The van der Waals surface area contributed by atoms with E-state index in [4.69, 9.17) is 5.73 Å². The molecule has 0 aromatic heterocycles. The molecule has 0 fully saturated rings. The Kier molecular flexibility index (Phi) is 6.08. The summed E-state index contributed by atoms with van der Waals surface area (Å²) in [4.78, 5) is 11.1. The molecule has 0 saturated carbocycles. The summed E-state index contributed by atoms with van der Waals surface area (Å²) in [5, 5.41) is 0. The van der Waals surface area contributed by atoms with Crippen LogP contribution in [0, 0.1) is 13.8 Å². The molecule has 0 aliphatic heterocycles. The molecule has 3 nitrogen and oxygen atoms in total. The van der Waals surface area contributed by atoms with Gasteiger partial charge in [-0.3, -0.25) is 4.79 Å². The first-order chi connectivity index (χ1) is 7.02. The molecule has 1 atom stereocenters. The highest BCUT2D eigenvalue weighted by atomic mass is 35.5. The number of carbonyl (C=O) groups is 1. The highest BCUT2D eigenvalue weighted by Crippen LogP contribution is 2.17. The molecule has 0 unspecified atom stereocenters. The number of ether oxygens (including phenoxy) is 1. The molecule has 0 aliphatic rings. The monoisotopic (exact) mass is 243 g/mol. The molecule has 1 rings (SSSR count). The lowest BCUT2D eigenvalue weighted by atomic mass is 10.00. The first kappa shape index (κ1) is 14.9. The smallest absolute Gasteiger partial charge is 0.307 e. The van der Waals surface area contributed by atoms with Crippen molar-refractivity contribution in [1.82, 2.24) is 0 Å². The number of methoxy groups -OCH3 is 1. The highest BCUT2D eigenvalue weighted by Gasteiger charge is 2.12. The molecule has 0 spiro atoms. The Hall–Kier alpha value is -1.06. The maximum Gasteiger partial charge on any atom is 0.307 e. The van der Waals surface area contributed by atoms with E-state index in [-0.39, 0.29) is 30.8 Å². The van der Waals surface area contributed by atoms with E-state index in [1.807, 2.05) is 26.0 Å². The van der Waals surface area contributed by atoms with Gasteiger partial charge in [0, 0.05) is 6.04 Å². The summed E-state index contributed by atoms with van der Waals surface area (Å²) in [5.74, 6) is -0.276. The minimum absolute atomic E-state index is 0. The van der Waals surface area contributed by atoms with E-state index in [2.05, 4.69) is 10.8 Å². The summed E-state index contributed by atoms with van der Waals surface area (Å²) in [6.07, 6.45) is 0.222. The summed E-state index contributed by atoms with van der Waals surface area (Å²) in [6, 6.07) is 5.80. The molecule has 1 aromatic carbocycles. The van der Waals surface area contributed by atoms with Gasteiger partial charge in [0.2, 0.25) is 0 Å². The van der Waals surface area contributed by atoms with E-state index in [1.165, 1.54) is 7.11 Å². The lowest BCUT2D eigenvalue weighted by Gasteiger charge is -2.12. The zero-order valence-electron chi connectivity index (χ0n) is 9.82. The number of nitrogens with two attached hydrogens (primary N) is 1. The molecule has 0 amide bonds. The minimum Gasteiger partial charge on any atom is -0.469 e. The van der Waals surface area contributed by atoms with Crippen molar-refractivity contribution in [3.63, 3.8) is 0 Å². The van der Waals surface area contributed by atoms with E-state index in [0.29, 0.717) is 0 Å². The fourth-order valence-electron chi connectivity index (χ4n) is 1.60. The molecule has 0 radical (unpaired) electrons. The molecule has 16 heavy (non-hydrogen) atoms. The van der Waals surface area contributed by atoms with Crippen molar-refractivity contribution in [3.8, 4) is 0 Å². The summed E-state index contributed by atoms with van der Waals surface area (Å²) in [6.45, 7) is 4.03. The fraction of sp³-hybridized carbons (Fsp3) is 0.417. The van der Waals surface area contributed by atoms with Crippen LogP contribution in [0.5, 0.6) is 0 Å². The van der Waals surface area contributed by atoms with Gasteiger partial charge < -0.3 is 10.5 Å². The van der Waals surface area contributed by atoms with Gasteiger partial charge in [-0.1, -0.05) is 29.3 Å². The van der Waals surface area contributed by atoms with Crippen LogP contribution in [0.25, 0.3) is 0 Å². The molecule has 0 bridgehead atoms. The van der Waals surface area contributed by atoms with E-state index in [0.717, 1.165) is 16.7 Å². The van der Waals surface area contributed by atoms with Gasteiger partial charge in [-0.25, -0.2) is 0 Å². The van der Waals surface area contributed by atoms with Gasteiger partial charge in [0.15, 0.2) is 0 Å². The van der Waals surface area contributed by atoms with Crippen LogP contribution in [0.2, 0.25) is 0 Å². The zero-order valence-corrected chi connectivity index (χ0v) is 10.6. The summed E-state index contributed by atoms with van der Waals surface area (Å²) >= 11 is 0. The molecular weight excluding hydrogens is 226 g/mol. The van der Waals surface area contributed by atoms with Crippen molar-refractivity contribution in [2.45, 2.75) is 26.3 Å². The van der Waals surface area contributed by atoms with Crippen molar-refractivity contribution in [1.29, 1.82) is 0 Å². The number of carbonyl (C=O) groups excluding carboxylic acids is 1. The summed E-state index contributed by atoms with van der Waals surface area (Å²) < 4.78 is 4.58. The fourth-order valence-corrected chi connectivity index (χ4v) is 1.60. The zero-order chi connectivity index (χ0) is 11.4. The third-order valence-electron chi connectivity index (χ3n) is 2.29. The Labute approximate surface area is 102 Å². The quantitative estimate of drug-likeness (QED) is 0.829. The van der Waals surface area contributed by atoms with Gasteiger partial charge in [-0.2, -0.15) is 0 Å². The summed E-state index contributed by atoms with van der Waals surface area (Å²) in [7, 11) is 1.37. The van der Waals surface area contributed by atoms with Crippen LogP contribution < -0.4 is 5.73 Å². The molecule has 90 valence electrons. The maximum atomic E-state index is 11.1. The van der Waals surface area contributed by atoms with Crippen LogP contribution in [0.3, 0.4) is 0 Å². The lowest BCUT2D eigenvalue weighted by Crippen LogP contribution is -2.16. The molecule has 0 aliphatic carbocycles. The second-order valence-corrected chi connectivity index (χ2v) is 3.81. The molecule has 0 saturated heterocycles. The lowest BCUT2D eigenvalue weighted by molar-refractivity contribution is -0.141. The Morgan fingerprint density at radius 3 is 2.25 bits per heavy atom. The minimum atomic E-state index is -0.281. The third-order valence-corrected chi connectivity index (χ3v) is 2.29. The normalized spacial score (nSPS) is 11.5. The number of hydrogen-bond donors (Lipinski definition) is 1. The molecular formula is C12H18ClNO2. The standard InChI is InChI=1S/C12H17NO2.ClH/c1-8-4-9(2)6-10(5-8)11(13)7-12(14)15-3;/h4-6,11H,7,13H2,1-3H3;1H/t11-;/m1./s1. The first-order valence-electron chi connectivity index (χ1n) is 4.93.